The van der Waals surface area contributed by atoms with Crippen LogP contribution in [0.25, 0.3) is 0 Å². The molecule has 1 atom stereocenters. The van der Waals surface area contributed by atoms with Crippen LogP contribution in [-0.2, 0) is 4.74 Å². The first-order valence-corrected chi connectivity index (χ1v) is 8.16. The smallest absolute Gasteiger partial charge is 0.407 e. The van der Waals surface area contributed by atoms with Gasteiger partial charge in [0.25, 0.3) is 0 Å². The number of rotatable bonds is 6. The molecule has 0 radical (unpaired) electrons. The summed E-state index contributed by atoms with van der Waals surface area (Å²) in [6, 6.07) is 10.6. The van der Waals surface area contributed by atoms with Crippen LogP contribution in [0.1, 0.15) is 25.5 Å². The SMILES string of the molecule is CCOC(=O)NCC(c1ccccc1)N1CCN(CC)CC1. The number of ether oxygens (including phenoxy) is 1. The van der Waals surface area contributed by atoms with E-state index in [1.165, 1.54) is 5.56 Å². The molecule has 5 nitrogen and oxygen atoms in total. The number of alkyl carbamates (subject to hydrolysis) is 1. The zero-order valence-electron chi connectivity index (χ0n) is 13.6. The molecule has 2 rings (SSSR count). The van der Waals surface area contributed by atoms with Crippen molar-refractivity contribution < 1.29 is 9.53 Å². The van der Waals surface area contributed by atoms with Crippen LogP contribution >= 0.6 is 0 Å². The van der Waals surface area contributed by atoms with E-state index < -0.39 is 0 Å². The van der Waals surface area contributed by atoms with Gasteiger partial charge in [0.2, 0.25) is 0 Å². The number of nitrogens with zero attached hydrogens (tertiary/aromatic N) is 2. The Morgan fingerprint density at radius 2 is 1.86 bits per heavy atom. The summed E-state index contributed by atoms with van der Waals surface area (Å²) in [5.74, 6) is 0. The highest BCUT2D eigenvalue weighted by atomic mass is 16.5. The molecule has 22 heavy (non-hydrogen) atoms. The van der Waals surface area contributed by atoms with E-state index in [2.05, 4.69) is 46.3 Å². The first kappa shape index (κ1) is 16.8. The van der Waals surface area contributed by atoms with E-state index >= 15 is 0 Å². The van der Waals surface area contributed by atoms with Gasteiger partial charge in [0.15, 0.2) is 0 Å². The summed E-state index contributed by atoms with van der Waals surface area (Å²) < 4.78 is 4.97. The Hall–Kier alpha value is -1.59. The molecule has 1 unspecified atom stereocenters. The third kappa shape index (κ3) is 4.71. The minimum atomic E-state index is -0.337. The van der Waals surface area contributed by atoms with Gasteiger partial charge in [0.1, 0.15) is 0 Å². The van der Waals surface area contributed by atoms with Crippen LogP contribution < -0.4 is 5.32 Å². The van der Waals surface area contributed by atoms with E-state index in [1.54, 1.807) is 0 Å². The van der Waals surface area contributed by atoms with Gasteiger partial charge in [-0.2, -0.15) is 0 Å². The third-order valence-corrected chi connectivity index (χ3v) is 4.19. The van der Waals surface area contributed by atoms with Crippen LogP contribution in [0.4, 0.5) is 4.79 Å². The van der Waals surface area contributed by atoms with Crippen molar-refractivity contribution in [1.29, 1.82) is 0 Å². The number of piperazine rings is 1. The summed E-state index contributed by atoms with van der Waals surface area (Å²) in [4.78, 5) is 16.5. The van der Waals surface area contributed by atoms with Crippen LogP contribution in [0.15, 0.2) is 30.3 Å². The van der Waals surface area contributed by atoms with Crippen molar-refractivity contribution in [2.75, 3.05) is 45.9 Å². The van der Waals surface area contributed by atoms with E-state index in [0.29, 0.717) is 13.2 Å². The highest BCUT2D eigenvalue weighted by molar-refractivity contribution is 5.67. The lowest BCUT2D eigenvalue weighted by atomic mass is 10.0. The summed E-state index contributed by atoms with van der Waals surface area (Å²) in [5, 5.41) is 2.89. The quantitative estimate of drug-likeness (QED) is 0.874. The maximum atomic E-state index is 11.6. The number of likely N-dealkylation sites (N-methyl/N-ethyl adjacent to an activating group) is 1. The molecule has 0 saturated carbocycles. The van der Waals surface area contributed by atoms with Gasteiger partial charge in [0.05, 0.1) is 12.6 Å². The van der Waals surface area contributed by atoms with E-state index in [1.807, 2.05) is 13.0 Å². The predicted molar refractivity (Wildman–Crippen MR) is 87.9 cm³/mol. The molecule has 0 aliphatic carbocycles. The second-order valence-electron chi connectivity index (χ2n) is 5.50. The monoisotopic (exact) mass is 305 g/mol. The van der Waals surface area contributed by atoms with Gasteiger partial charge in [-0.25, -0.2) is 4.79 Å². The molecule has 0 spiro atoms. The van der Waals surface area contributed by atoms with Crippen molar-refractivity contribution in [2.45, 2.75) is 19.9 Å². The molecule has 0 aromatic heterocycles. The van der Waals surface area contributed by atoms with Crippen molar-refractivity contribution >= 4 is 6.09 Å². The number of benzene rings is 1. The molecule has 1 aliphatic rings. The summed E-state index contributed by atoms with van der Waals surface area (Å²) in [7, 11) is 0. The fourth-order valence-electron chi connectivity index (χ4n) is 2.89. The van der Waals surface area contributed by atoms with Crippen LogP contribution in [0.5, 0.6) is 0 Å². The first-order chi connectivity index (χ1) is 10.7. The molecule has 1 fully saturated rings. The number of nitrogens with one attached hydrogen (secondary N) is 1. The van der Waals surface area contributed by atoms with Crippen LogP contribution in [0.2, 0.25) is 0 Å². The highest BCUT2D eigenvalue weighted by Crippen LogP contribution is 2.21. The van der Waals surface area contributed by atoms with E-state index in [4.69, 9.17) is 4.74 Å². The fraction of sp³-hybridized carbons (Fsp3) is 0.588. The van der Waals surface area contributed by atoms with Crippen LogP contribution in [0.3, 0.4) is 0 Å². The van der Waals surface area contributed by atoms with Gasteiger partial charge in [-0.15, -0.1) is 0 Å². The Morgan fingerprint density at radius 3 is 2.45 bits per heavy atom. The fourth-order valence-corrected chi connectivity index (χ4v) is 2.89. The minimum Gasteiger partial charge on any atom is -0.450 e. The second kappa shape index (κ2) is 8.76. The predicted octanol–water partition coefficient (Wildman–Crippen LogP) is 2.11. The first-order valence-electron chi connectivity index (χ1n) is 8.16. The summed E-state index contributed by atoms with van der Waals surface area (Å²) in [5.41, 5.74) is 1.24. The van der Waals surface area contributed by atoms with Crippen molar-refractivity contribution in [1.82, 2.24) is 15.1 Å². The van der Waals surface area contributed by atoms with E-state index in [-0.39, 0.29) is 12.1 Å². The molecule has 1 amide bonds. The Balaban J connectivity index is 2.01. The largest absolute Gasteiger partial charge is 0.450 e. The lowest BCUT2D eigenvalue weighted by molar-refractivity contribution is 0.0951. The number of carbonyl (C=O) groups is 1. The molecule has 1 heterocycles. The Morgan fingerprint density at radius 1 is 1.18 bits per heavy atom. The summed E-state index contributed by atoms with van der Waals surface area (Å²) >= 11 is 0. The van der Waals surface area contributed by atoms with Crippen molar-refractivity contribution in [3.63, 3.8) is 0 Å². The van der Waals surface area contributed by atoms with E-state index in [0.717, 1.165) is 32.7 Å². The van der Waals surface area contributed by atoms with Crippen molar-refractivity contribution in [3.8, 4) is 0 Å². The molecule has 5 heteroatoms. The van der Waals surface area contributed by atoms with Gasteiger partial charge < -0.3 is 15.0 Å². The second-order valence-corrected chi connectivity index (χ2v) is 5.50. The van der Waals surface area contributed by atoms with Crippen LogP contribution in [0, 0.1) is 0 Å². The lowest BCUT2D eigenvalue weighted by Crippen LogP contribution is -2.49. The zero-order chi connectivity index (χ0) is 15.8. The molecule has 1 N–H and O–H groups in total. The minimum absolute atomic E-state index is 0.199. The molecule has 0 bridgehead atoms. The van der Waals surface area contributed by atoms with E-state index in [9.17, 15) is 4.79 Å². The highest BCUT2D eigenvalue weighted by Gasteiger charge is 2.24. The molecular weight excluding hydrogens is 278 g/mol. The van der Waals surface area contributed by atoms with Crippen LogP contribution in [-0.4, -0.2) is 61.8 Å². The standard InChI is InChI=1S/C17H27N3O2/c1-3-19-10-12-20(13-11-19)16(14-18-17(21)22-4-2)15-8-6-5-7-9-15/h5-9,16H,3-4,10-14H2,1-2H3,(H,18,21). The van der Waals surface area contributed by atoms with Gasteiger partial charge >= 0.3 is 6.09 Å². The molecule has 1 aliphatic heterocycles. The maximum absolute atomic E-state index is 11.6. The molecule has 1 aromatic carbocycles. The average Bonchev–Trinajstić information content (AvgIpc) is 2.57. The summed E-state index contributed by atoms with van der Waals surface area (Å²) in [6.07, 6.45) is -0.337. The normalized spacial score (nSPS) is 17.9. The maximum Gasteiger partial charge on any atom is 0.407 e. The number of hydrogen-bond donors (Lipinski definition) is 1. The molecular formula is C17H27N3O2. The third-order valence-electron chi connectivity index (χ3n) is 4.19. The number of hydrogen-bond acceptors (Lipinski definition) is 4. The summed E-state index contributed by atoms with van der Waals surface area (Å²) in [6.45, 7) is 10.3. The Labute approximate surface area is 133 Å². The number of amides is 1. The number of carbonyl (C=O) groups excluding carboxylic acids is 1. The van der Waals surface area contributed by atoms with Gasteiger partial charge in [-0.3, -0.25) is 4.90 Å². The van der Waals surface area contributed by atoms with Gasteiger partial charge in [0, 0.05) is 32.7 Å². The lowest BCUT2D eigenvalue weighted by Gasteiger charge is -2.39. The molecule has 122 valence electrons. The van der Waals surface area contributed by atoms with Crippen molar-refractivity contribution in [3.05, 3.63) is 35.9 Å². The zero-order valence-corrected chi connectivity index (χ0v) is 13.6. The Bertz CT molecular complexity index is 444. The molecule has 1 aromatic rings. The van der Waals surface area contributed by atoms with Gasteiger partial charge in [-0.05, 0) is 19.0 Å². The van der Waals surface area contributed by atoms with Gasteiger partial charge in [-0.1, -0.05) is 37.3 Å². The Kier molecular flexibility index (Phi) is 6.68. The van der Waals surface area contributed by atoms with Crippen molar-refractivity contribution in [2.24, 2.45) is 0 Å². The topological polar surface area (TPSA) is 44.8 Å². The molecule has 1 saturated heterocycles. The average molecular weight is 305 g/mol.